The van der Waals surface area contributed by atoms with Crippen LogP contribution in [0.1, 0.15) is 29.4 Å². The molecular formula is C28H29ClFN5O2. The Morgan fingerprint density at radius 2 is 1.97 bits per heavy atom. The average molecular weight is 522 g/mol. The van der Waals surface area contributed by atoms with Gasteiger partial charge in [-0.3, -0.25) is 4.79 Å². The number of aromatic amines is 1. The van der Waals surface area contributed by atoms with Gasteiger partial charge in [0, 0.05) is 22.8 Å². The van der Waals surface area contributed by atoms with Crippen LogP contribution in [0.2, 0.25) is 5.02 Å². The Morgan fingerprint density at radius 1 is 1.16 bits per heavy atom. The van der Waals surface area contributed by atoms with Crippen LogP contribution in [0.3, 0.4) is 0 Å². The lowest BCUT2D eigenvalue weighted by Gasteiger charge is -2.29. The number of imidazole rings is 1. The van der Waals surface area contributed by atoms with E-state index in [0.717, 1.165) is 22.4 Å². The Balaban J connectivity index is 1.17. The molecule has 4 aromatic rings. The number of nitrogens with one attached hydrogen (secondary N) is 3. The monoisotopic (exact) mass is 521 g/mol. The Kier molecular flexibility index (Phi) is 7.81. The number of nitrogens with two attached hydrogens (primary N) is 1. The smallest absolute Gasteiger partial charge is 0.241 e. The van der Waals surface area contributed by atoms with E-state index in [1.165, 1.54) is 6.07 Å². The minimum atomic E-state index is -0.822. The number of carbonyl (C=O) groups excluding carboxylic acids is 1. The summed E-state index contributed by atoms with van der Waals surface area (Å²) in [6.45, 7) is 1.07. The Labute approximate surface area is 219 Å². The molecule has 3 aromatic carbocycles. The van der Waals surface area contributed by atoms with Gasteiger partial charge in [-0.2, -0.15) is 0 Å². The summed E-state index contributed by atoms with van der Waals surface area (Å²) in [5, 5.41) is 6.84. The maximum absolute atomic E-state index is 14.8. The number of para-hydroxylation sites is 2. The van der Waals surface area contributed by atoms with Gasteiger partial charge < -0.3 is 26.1 Å². The quantitative estimate of drug-likeness (QED) is 0.273. The summed E-state index contributed by atoms with van der Waals surface area (Å²) in [6, 6.07) is 18.9. The van der Waals surface area contributed by atoms with Gasteiger partial charge in [0.2, 0.25) is 5.91 Å². The molecule has 2 heterocycles. The highest BCUT2D eigenvalue weighted by molar-refractivity contribution is 6.31. The lowest BCUT2D eigenvalue weighted by Crippen LogP contribution is -2.41. The average Bonchev–Trinajstić information content (AvgIpc) is 3.34. The van der Waals surface area contributed by atoms with Gasteiger partial charge in [-0.25, -0.2) is 9.37 Å². The van der Waals surface area contributed by atoms with E-state index in [2.05, 4.69) is 20.6 Å². The standard InChI is InChI=1S/C28H29ClFN5O2/c29-20-7-2-1-6-17(20)14-22(31)28(36)35-23-11-5-8-21(30)19(23)13-12-18-15-32-26(16-37-18)27-33-24-9-3-4-10-25(24)34-27/h1-11,18,22,26,32H,12-16,31H2,(H,33,34)(H,35,36)/t18-,22+,26+/m1/s1. The molecule has 1 saturated heterocycles. The summed E-state index contributed by atoms with van der Waals surface area (Å²) in [7, 11) is 0. The van der Waals surface area contributed by atoms with Gasteiger partial charge in [0.15, 0.2) is 0 Å². The van der Waals surface area contributed by atoms with Crippen molar-refractivity contribution in [3.8, 4) is 0 Å². The van der Waals surface area contributed by atoms with Gasteiger partial charge in [0.1, 0.15) is 11.6 Å². The van der Waals surface area contributed by atoms with Gasteiger partial charge in [0.25, 0.3) is 0 Å². The van der Waals surface area contributed by atoms with Gasteiger partial charge in [-0.1, -0.05) is 48.0 Å². The fourth-order valence-corrected chi connectivity index (χ4v) is 4.79. The molecular weight excluding hydrogens is 493 g/mol. The zero-order chi connectivity index (χ0) is 25.8. The van der Waals surface area contributed by atoms with Gasteiger partial charge in [-0.15, -0.1) is 0 Å². The van der Waals surface area contributed by atoms with Crippen molar-refractivity contribution >= 4 is 34.2 Å². The van der Waals surface area contributed by atoms with Crippen LogP contribution < -0.4 is 16.4 Å². The molecule has 37 heavy (non-hydrogen) atoms. The number of H-pyrrole nitrogens is 1. The first kappa shape index (κ1) is 25.4. The lowest BCUT2D eigenvalue weighted by molar-refractivity contribution is -0.117. The molecule has 0 radical (unpaired) electrons. The highest BCUT2D eigenvalue weighted by atomic mass is 35.5. The minimum absolute atomic E-state index is 0.0356. The second-order valence-corrected chi connectivity index (χ2v) is 9.66. The zero-order valence-corrected chi connectivity index (χ0v) is 21.0. The summed E-state index contributed by atoms with van der Waals surface area (Å²) >= 11 is 6.20. The van der Waals surface area contributed by atoms with Gasteiger partial charge >= 0.3 is 0 Å². The highest BCUT2D eigenvalue weighted by Crippen LogP contribution is 2.25. The van der Waals surface area contributed by atoms with E-state index in [0.29, 0.717) is 42.3 Å². The van der Waals surface area contributed by atoms with Crippen LogP contribution >= 0.6 is 11.6 Å². The summed E-state index contributed by atoms with van der Waals surface area (Å²) in [5.41, 5.74) is 9.68. The van der Waals surface area contributed by atoms with Crippen molar-refractivity contribution < 1.29 is 13.9 Å². The molecule has 0 aliphatic carbocycles. The Hall–Kier alpha value is -3.30. The van der Waals surface area contributed by atoms with Crippen LogP contribution in [-0.2, 0) is 22.4 Å². The maximum atomic E-state index is 14.8. The molecule has 1 aromatic heterocycles. The summed E-state index contributed by atoms with van der Waals surface area (Å²) < 4.78 is 20.8. The predicted octanol–water partition coefficient (Wildman–Crippen LogP) is 4.53. The third kappa shape index (κ3) is 5.99. The topological polar surface area (TPSA) is 105 Å². The number of rotatable bonds is 8. The fraction of sp³-hybridized carbons (Fsp3) is 0.286. The number of nitrogens with zero attached hydrogens (tertiary/aromatic N) is 1. The van der Waals surface area contributed by atoms with Crippen molar-refractivity contribution in [1.29, 1.82) is 0 Å². The van der Waals surface area contributed by atoms with Crippen LogP contribution in [-0.4, -0.2) is 41.2 Å². The number of aromatic nitrogens is 2. The summed E-state index contributed by atoms with van der Waals surface area (Å²) in [6.07, 6.45) is 1.19. The number of carbonyl (C=O) groups is 1. The van der Waals surface area contributed by atoms with Crippen molar-refractivity contribution in [2.45, 2.75) is 37.5 Å². The SMILES string of the molecule is N[C@@H](Cc1ccccc1Cl)C(=O)Nc1cccc(F)c1CC[C@@H]1CN[C@H](c2nc3ccccc3[nH]2)CO1. The van der Waals surface area contributed by atoms with Gasteiger partial charge in [0.05, 0.1) is 35.8 Å². The highest BCUT2D eigenvalue weighted by Gasteiger charge is 2.25. The first-order valence-electron chi connectivity index (χ1n) is 12.3. The first-order valence-corrected chi connectivity index (χ1v) is 12.7. The fourth-order valence-electron chi connectivity index (χ4n) is 4.58. The van der Waals surface area contributed by atoms with E-state index in [9.17, 15) is 9.18 Å². The molecule has 1 aliphatic rings. The minimum Gasteiger partial charge on any atom is -0.375 e. The second kappa shape index (κ2) is 11.4. The lowest BCUT2D eigenvalue weighted by atomic mass is 10.0. The van der Waals surface area contributed by atoms with Crippen LogP contribution in [0, 0.1) is 5.82 Å². The van der Waals surface area contributed by atoms with Crippen molar-refractivity contribution in [2.75, 3.05) is 18.5 Å². The number of benzene rings is 3. The number of anilines is 1. The maximum Gasteiger partial charge on any atom is 0.241 e. The molecule has 0 spiro atoms. The number of hydrogen-bond acceptors (Lipinski definition) is 5. The van der Waals surface area contributed by atoms with E-state index < -0.39 is 11.9 Å². The number of halogens is 2. The number of amides is 1. The predicted molar refractivity (Wildman–Crippen MR) is 143 cm³/mol. The van der Waals surface area contributed by atoms with Crippen molar-refractivity contribution in [2.24, 2.45) is 5.73 Å². The Morgan fingerprint density at radius 3 is 2.76 bits per heavy atom. The molecule has 3 atom stereocenters. The van der Waals surface area contributed by atoms with E-state index in [1.807, 2.05) is 42.5 Å². The van der Waals surface area contributed by atoms with Crippen LogP contribution in [0.4, 0.5) is 10.1 Å². The number of ether oxygens (including phenoxy) is 1. The number of morpholine rings is 1. The van der Waals surface area contributed by atoms with E-state index in [4.69, 9.17) is 22.1 Å². The largest absolute Gasteiger partial charge is 0.375 e. The van der Waals surface area contributed by atoms with Gasteiger partial charge in [-0.05, 0) is 55.2 Å². The van der Waals surface area contributed by atoms with Crippen LogP contribution in [0.5, 0.6) is 0 Å². The normalized spacial score (nSPS) is 18.6. The number of hydrogen-bond donors (Lipinski definition) is 4. The third-order valence-corrected chi connectivity index (χ3v) is 7.02. The Bertz CT molecular complexity index is 1350. The molecule has 1 amide bonds. The molecule has 0 saturated carbocycles. The van der Waals surface area contributed by atoms with Crippen molar-refractivity contribution in [1.82, 2.24) is 15.3 Å². The van der Waals surface area contributed by atoms with Crippen molar-refractivity contribution in [3.63, 3.8) is 0 Å². The van der Waals surface area contributed by atoms with Crippen LogP contribution in [0.15, 0.2) is 66.7 Å². The van der Waals surface area contributed by atoms with E-state index >= 15 is 0 Å². The van der Waals surface area contributed by atoms with Crippen molar-refractivity contribution in [3.05, 3.63) is 94.5 Å². The second-order valence-electron chi connectivity index (χ2n) is 9.25. The molecule has 1 fully saturated rings. The molecule has 5 N–H and O–H groups in total. The molecule has 5 rings (SSSR count). The van der Waals surface area contributed by atoms with E-state index in [1.54, 1.807) is 18.2 Å². The first-order chi connectivity index (χ1) is 18.0. The van der Waals surface area contributed by atoms with Crippen LogP contribution in [0.25, 0.3) is 11.0 Å². The van der Waals surface area contributed by atoms with E-state index in [-0.39, 0.29) is 24.4 Å². The summed E-state index contributed by atoms with van der Waals surface area (Å²) in [4.78, 5) is 20.8. The molecule has 1 aliphatic heterocycles. The zero-order valence-electron chi connectivity index (χ0n) is 20.2. The molecule has 0 bridgehead atoms. The molecule has 0 unspecified atom stereocenters. The third-order valence-electron chi connectivity index (χ3n) is 6.66. The number of fused-ring (bicyclic) bond motifs is 1. The summed E-state index contributed by atoms with van der Waals surface area (Å²) in [5.74, 6) is 0.0734. The molecule has 7 nitrogen and oxygen atoms in total. The molecule has 192 valence electrons. The molecule has 9 heteroatoms.